The Balaban J connectivity index is 1.93. The Bertz CT molecular complexity index is 547. The number of hydrogen-bond acceptors (Lipinski definition) is 3. The average molecular weight is 273 g/mol. The van der Waals surface area contributed by atoms with Crippen molar-refractivity contribution in [3.8, 4) is 0 Å². The fraction of sp³-hybridized carbons (Fsp3) is 0.286. The monoisotopic (exact) mass is 273 g/mol. The van der Waals surface area contributed by atoms with Gasteiger partial charge in [0.05, 0.1) is 6.54 Å². The van der Waals surface area contributed by atoms with Crippen LogP contribution in [0.1, 0.15) is 24.4 Å². The van der Waals surface area contributed by atoms with E-state index in [9.17, 15) is 4.79 Å². The maximum atomic E-state index is 12.0. The number of nitrogens with zero attached hydrogens (tertiary/aromatic N) is 2. The first-order valence-corrected chi connectivity index (χ1v) is 6.42. The summed E-state index contributed by atoms with van der Waals surface area (Å²) >= 11 is 0. The molecule has 0 aliphatic rings. The van der Waals surface area contributed by atoms with Gasteiger partial charge in [-0.25, -0.2) is 9.78 Å². The predicted molar refractivity (Wildman–Crippen MR) is 78.1 cm³/mol. The Labute approximate surface area is 118 Å². The highest BCUT2D eigenvalue weighted by Gasteiger charge is 2.10. The molecule has 0 saturated carbocycles. The molecule has 1 aromatic carbocycles. The van der Waals surface area contributed by atoms with Crippen LogP contribution in [0, 0.1) is 0 Å². The van der Waals surface area contributed by atoms with Gasteiger partial charge in [-0.05, 0) is 24.6 Å². The van der Waals surface area contributed by atoms with E-state index in [1.54, 1.807) is 24.3 Å². The lowest BCUT2D eigenvalue weighted by Crippen LogP contribution is -2.31. The highest BCUT2D eigenvalue weighted by Crippen LogP contribution is 2.14. The number of rotatable bonds is 4. The fourth-order valence-corrected chi connectivity index (χ4v) is 1.77. The summed E-state index contributed by atoms with van der Waals surface area (Å²) < 4.78 is 0. The van der Waals surface area contributed by atoms with Crippen molar-refractivity contribution in [1.29, 1.82) is 0 Å². The van der Waals surface area contributed by atoms with Crippen LogP contribution in [0.3, 0.4) is 0 Å². The number of urea groups is 1. The molecule has 6 heteroatoms. The number of hydrogen-bond donors (Lipinski definition) is 3. The number of carbonyl (C=O) groups is 1. The number of carbonyl (C=O) groups excluding carboxylic acids is 1. The number of imidazole rings is 1. The Hall–Kier alpha value is -2.34. The van der Waals surface area contributed by atoms with Gasteiger partial charge < -0.3 is 20.9 Å². The van der Waals surface area contributed by atoms with Crippen molar-refractivity contribution in [3.63, 3.8) is 0 Å². The smallest absolute Gasteiger partial charge is 0.321 e. The van der Waals surface area contributed by atoms with E-state index in [1.807, 2.05) is 31.2 Å². The van der Waals surface area contributed by atoms with Gasteiger partial charge in [-0.2, -0.15) is 0 Å². The molecule has 1 unspecified atom stereocenters. The highest BCUT2D eigenvalue weighted by molar-refractivity contribution is 5.89. The third-order valence-corrected chi connectivity index (χ3v) is 2.98. The minimum Gasteiger partial charge on any atom is -0.347 e. The number of aromatic amines is 1. The van der Waals surface area contributed by atoms with E-state index in [1.165, 1.54) is 0 Å². The molecule has 2 aromatic rings. The number of amides is 2. The first-order valence-electron chi connectivity index (χ1n) is 6.42. The zero-order valence-corrected chi connectivity index (χ0v) is 11.6. The Morgan fingerprint density at radius 1 is 1.45 bits per heavy atom. The SMILES string of the molecule is CC(N)c1ccc(NC(=O)N(C)Cc2ncc[nH]2)cc1. The van der Waals surface area contributed by atoms with Crippen molar-refractivity contribution in [2.24, 2.45) is 5.73 Å². The minimum atomic E-state index is -0.185. The first kappa shape index (κ1) is 14.1. The summed E-state index contributed by atoms with van der Waals surface area (Å²) in [6.07, 6.45) is 3.39. The maximum absolute atomic E-state index is 12.0. The van der Waals surface area contributed by atoms with Gasteiger partial charge in [-0.3, -0.25) is 0 Å². The van der Waals surface area contributed by atoms with Crippen molar-refractivity contribution >= 4 is 11.7 Å². The van der Waals surface area contributed by atoms with E-state index in [-0.39, 0.29) is 12.1 Å². The number of H-pyrrole nitrogens is 1. The van der Waals surface area contributed by atoms with Crippen molar-refractivity contribution in [1.82, 2.24) is 14.9 Å². The third kappa shape index (κ3) is 3.58. The largest absolute Gasteiger partial charge is 0.347 e. The second kappa shape index (κ2) is 6.21. The summed E-state index contributed by atoms with van der Waals surface area (Å²) in [6, 6.07) is 7.31. The number of aromatic nitrogens is 2. The third-order valence-electron chi connectivity index (χ3n) is 2.98. The first-order chi connectivity index (χ1) is 9.56. The molecular weight excluding hydrogens is 254 g/mol. The van der Waals surface area contributed by atoms with Gasteiger partial charge in [0.2, 0.25) is 0 Å². The van der Waals surface area contributed by atoms with Gasteiger partial charge >= 0.3 is 6.03 Å². The predicted octanol–water partition coefficient (Wildman–Crippen LogP) is 2.09. The Kier molecular flexibility index (Phi) is 4.37. The molecule has 0 spiro atoms. The van der Waals surface area contributed by atoms with Crippen molar-refractivity contribution in [2.45, 2.75) is 19.5 Å². The Morgan fingerprint density at radius 3 is 2.70 bits per heavy atom. The second-order valence-electron chi connectivity index (χ2n) is 4.73. The average Bonchev–Trinajstić information content (AvgIpc) is 2.92. The number of benzene rings is 1. The summed E-state index contributed by atoms with van der Waals surface area (Å²) in [5.74, 6) is 0.745. The molecule has 1 heterocycles. The molecule has 20 heavy (non-hydrogen) atoms. The summed E-state index contributed by atoms with van der Waals surface area (Å²) in [5.41, 5.74) is 7.56. The standard InChI is InChI=1S/C14H19N5O/c1-10(15)11-3-5-12(6-4-11)18-14(20)19(2)9-13-16-7-8-17-13/h3-8,10H,9,15H2,1-2H3,(H,16,17)(H,18,20). The minimum absolute atomic E-state index is 0.0126. The molecule has 0 radical (unpaired) electrons. The van der Waals surface area contributed by atoms with Crippen LogP contribution >= 0.6 is 0 Å². The van der Waals surface area contributed by atoms with Crippen molar-refractivity contribution < 1.29 is 4.79 Å². The van der Waals surface area contributed by atoms with E-state index in [0.29, 0.717) is 6.54 Å². The van der Waals surface area contributed by atoms with Crippen molar-refractivity contribution in [3.05, 3.63) is 48.0 Å². The highest BCUT2D eigenvalue weighted by atomic mass is 16.2. The molecule has 6 nitrogen and oxygen atoms in total. The molecule has 2 amide bonds. The molecule has 106 valence electrons. The molecule has 0 bridgehead atoms. The van der Waals surface area contributed by atoms with Gasteiger partial charge in [0.1, 0.15) is 5.82 Å². The van der Waals surface area contributed by atoms with Gasteiger partial charge in [0.15, 0.2) is 0 Å². The van der Waals surface area contributed by atoms with Crippen LogP contribution in [0.4, 0.5) is 10.5 Å². The summed E-state index contributed by atoms with van der Waals surface area (Å²) in [6.45, 7) is 2.35. The van der Waals surface area contributed by atoms with Crippen LogP contribution in [-0.2, 0) is 6.54 Å². The number of nitrogens with two attached hydrogens (primary N) is 1. The van der Waals surface area contributed by atoms with E-state index in [4.69, 9.17) is 5.73 Å². The van der Waals surface area contributed by atoms with Gasteiger partial charge in [0, 0.05) is 31.2 Å². The summed E-state index contributed by atoms with van der Waals surface area (Å²) in [7, 11) is 1.72. The van der Waals surface area contributed by atoms with E-state index in [0.717, 1.165) is 17.1 Å². The molecule has 0 fully saturated rings. The number of anilines is 1. The van der Waals surface area contributed by atoms with Crippen LogP contribution in [0.15, 0.2) is 36.7 Å². The number of nitrogens with one attached hydrogen (secondary N) is 2. The van der Waals surface area contributed by atoms with E-state index < -0.39 is 0 Å². The molecular formula is C14H19N5O. The molecule has 0 aliphatic heterocycles. The fourth-order valence-electron chi connectivity index (χ4n) is 1.77. The lowest BCUT2D eigenvalue weighted by atomic mass is 10.1. The van der Waals surface area contributed by atoms with Crippen LogP contribution in [-0.4, -0.2) is 27.9 Å². The molecule has 0 saturated heterocycles. The zero-order valence-electron chi connectivity index (χ0n) is 11.6. The second-order valence-corrected chi connectivity index (χ2v) is 4.73. The lowest BCUT2D eigenvalue weighted by molar-refractivity contribution is 0.219. The van der Waals surface area contributed by atoms with Crippen LogP contribution in [0.2, 0.25) is 0 Å². The zero-order chi connectivity index (χ0) is 14.5. The molecule has 1 aromatic heterocycles. The topological polar surface area (TPSA) is 87.0 Å². The van der Waals surface area contributed by atoms with Crippen LogP contribution in [0.25, 0.3) is 0 Å². The van der Waals surface area contributed by atoms with E-state index >= 15 is 0 Å². The summed E-state index contributed by atoms with van der Waals surface area (Å²) in [4.78, 5) is 20.6. The van der Waals surface area contributed by atoms with Gasteiger partial charge in [-0.1, -0.05) is 12.1 Å². The maximum Gasteiger partial charge on any atom is 0.321 e. The molecule has 4 N–H and O–H groups in total. The quantitative estimate of drug-likeness (QED) is 0.797. The molecule has 2 rings (SSSR count). The molecule has 0 aliphatic carbocycles. The van der Waals surface area contributed by atoms with Gasteiger partial charge in [-0.15, -0.1) is 0 Å². The molecule has 1 atom stereocenters. The van der Waals surface area contributed by atoms with E-state index in [2.05, 4.69) is 15.3 Å². The van der Waals surface area contributed by atoms with Crippen LogP contribution < -0.4 is 11.1 Å². The summed E-state index contributed by atoms with van der Waals surface area (Å²) in [5, 5.41) is 2.82. The van der Waals surface area contributed by atoms with Crippen LogP contribution in [0.5, 0.6) is 0 Å². The normalized spacial score (nSPS) is 11.9. The van der Waals surface area contributed by atoms with Crippen molar-refractivity contribution in [2.75, 3.05) is 12.4 Å². The van der Waals surface area contributed by atoms with Gasteiger partial charge in [0.25, 0.3) is 0 Å². The lowest BCUT2D eigenvalue weighted by Gasteiger charge is -2.17. The Morgan fingerprint density at radius 2 is 2.15 bits per heavy atom.